The second kappa shape index (κ2) is 10.6. The Hall–Kier alpha value is -4.92. The molecule has 0 saturated heterocycles. The summed E-state index contributed by atoms with van der Waals surface area (Å²) in [4.78, 5) is 27.8. The third-order valence-electron chi connectivity index (χ3n) is 5.62. The van der Waals surface area contributed by atoms with Crippen molar-refractivity contribution in [3.05, 3.63) is 101 Å². The Morgan fingerprint density at radius 3 is 2.67 bits per heavy atom. The number of aromatic carboxylic acids is 1. The first-order valence-corrected chi connectivity index (χ1v) is 11.1. The van der Waals surface area contributed by atoms with E-state index < -0.39 is 11.9 Å². The zero-order valence-corrected chi connectivity index (χ0v) is 19.6. The zero-order chi connectivity index (χ0) is 25.7. The standard InChI is InChI=1S/C27H25N5O4/c1-36-24-11-9-18(16-32-23-8-3-2-7-22(23)31-27(32)29)14-20(24)21(28)10-12-25(33)30-15-17-5-4-6-19(13-17)26(34)35/h2-14,28H,15-16H2,1H3,(H2,29,31)(H,30,33)(H,34,35)/b12-10-,28-21?. The van der Waals surface area contributed by atoms with Gasteiger partial charge in [-0.1, -0.05) is 30.3 Å². The number of allylic oxidation sites excluding steroid dienone is 1. The van der Waals surface area contributed by atoms with Gasteiger partial charge in [0.25, 0.3) is 0 Å². The van der Waals surface area contributed by atoms with Crippen molar-refractivity contribution in [2.45, 2.75) is 13.1 Å². The molecule has 4 aromatic rings. The molecule has 9 heteroatoms. The molecule has 0 spiro atoms. The fraction of sp³-hybridized carbons (Fsp3) is 0.111. The van der Waals surface area contributed by atoms with Gasteiger partial charge in [0.15, 0.2) is 0 Å². The number of nitrogens with two attached hydrogens (primary N) is 1. The number of anilines is 1. The van der Waals surface area contributed by atoms with Gasteiger partial charge in [-0.2, -0.15) is 0 Å². The number of hydrogen-bond acceptors (Lipinski definition) is 6. The van der Waals surface area contributed by atoms with Crippen LogP contribution in [0.4, 0.5) is 5.95 Å². The Morgan fingerprint density at radius 1 is 1.08 bits per heavy atom. The molecule has 1 aromatic heterocycles. The van der Waals surface area contributed by atoms with Gasteiger partial charge in [0.05, 0.1) is 36.0 Å². The molecule has 5 N–H and O–H groups in total. The number of nitrogens with one attached hydrogen (secondary N) is 2. The first kappa shape index (κ1) is 24.2. The summed E-state index contributed by atoms with van der Waals surface area (Å²) >= 11 is 0. The summed E-state index contributed by atoms with van der Waals surface area (Å²) in [7, 11) is 1.52. The molecule has 4 rings (SSSR count). The van der Waals surface area contributed by atoms with Crippen molar-refractivity contribution < 1.29 is 19.4 Å². The van der Waals surface area contributed by atoms with Gasteiger partial charge in [-0.05, 0) is 53.6 Å². The topological polar surface area (TPSA) is 143 Å². The Kier molecular flexibility index (Phi) is 7.10. The van der Waals surface area contributed by atoms with Gasteiger partial charge < -0.3 is 30.9 Å². The first-order chi connectivity index (χ1) is 17.4. The molecular weight excluding hydrogens is 458 g/mol. The number of rotatable bonds is 9. The van der Waals surface area contributed by atoms with E-state index in [9.17, 15) is 9.59 Å². The number of fused-ring (bicyclic) bond motifs is 1. The molecular formula is C27H25N5O4. The molecule has 0 radical (unpaired) electrons. The molecule has 0 unspecified atom stereocenters. The van der Waals surface area contributed by atoms with Crippen LogP contribution in [0.5, 0.6) is 5.75 Å². The maximum Gasteiger partial charge on any atom is 0.335 e. The molecule has 36 heavy (non-hydrogen) atoms. The highest BCUT2D eigenvalue weighted by molar-refractivity contribution is 6.11. The minimum atomic E-state index is -1.03. The van der Waals surface area contributed by atoms with Crippen molar-refractivity contribution in [1.82, 2.24) is 14.9 Å². The second-order valence-electron chi connectivity index (χ2n) is 8.05. The van der Waals surface area contributed by atoms with Crippen molar-refractivity contribution >= 4 is 34.6 Å². The molecule has 0 aliphatic rings. The number of amides is 1. The molecule has 1 heterocycles. The highest BCUT2D eigenvalue weighted by atomic mass is 16.5. The summed E-state index contributed by atoms with van der Waals surface area (Å²) < 4.78 is 7.32. The Bertz CT molecular complexity index is 1490. The molecule has 0 atom stereocenters. The van der Waals surface area contributed by atoms with E-state index >= 15 is 0 Å². The average Bonchev–Trinajstić information content (AvgIpc) is 3.20. The second-order valence-corrected chi connectivity index (χ2v) is 8.05. The van der Waals surface area contributed by atoms with Gasteiger partial charge >= 0.3 is 5.97 Å². The number of para-hydroxylation sites is 2. The summed E-state index contributed by atoms with van der Waals surface area (Å²) in [6, 6.07) is 19.5. The molecule has 0 fully saturated rings. The van der Waals surface area contributed by atoms with Crippen molar-refractivity contribution in [3.63, 3.8) is 0 Å². The number of benzene rings is 3. The van der Waals surface area contributed by atoms with E-state index in [1.54, 1.807) is 18.2 Å². The van der Waals surface area contributed by atoms with Crippen molar-refractivity contribution in [2.75, 3.05) is 12.8 Å². The number of carboxylic acid groups (broad SMARTS) is 1. The lowest BCUT2D eigenvalue weighted by molar-refractivity contribution is -0.116. The van der Waals surface area contributed by atoms with Crippen LogP contribution in [-0.2, 0) is 17.9 Å². The van der Waals surface area contributed by atoms with Gasteiger partial charge in [-0.3, -0.25) is 4.79 Å². The van der Waals surface area contributed by atoms with E-state index in [2.05, 4.69) is 10.3 Å². The van der Waals surface area contributed by atoms with Crippen LogP contribution < -0.4 is 15.8 Å². The number of ether oxygens (including phenoxy) is 1. The highest BCUT2D eigenvalue weighted by Crippen LogP contribution is 2.24. The van der Waals surface area contributed by atoms with Gasteiger partial charge in [-0.25, -0.2) is 9.78 Å². The SMILES string of the molecule is COc1ccc(Cn2c(N)nc3ccccc32)cc1C(=N)/C=C\C(=O)NCc1cccc(C(=O)O)c1. The quantitative estimate of drug-likeness (QED) is 0.211. The van der Waals surface area contributed by atoms with Gasteiger partial charge in [0, 0.05) is 18.2 Å². The Labute approximate surface area is 207 Å². The summed E-state index contributed by atoms with van der Waals surface area (Å²) in [5.41, 5.74) is 10.2. The van der Waals surface area contributed by atoms with E-state index in [1.807, 2.05) is 41.0 Å². The maximum absolute atomic E-state index is 12.3. The van der Waals surface area contributed by atoms with Crippen molar-refractivity contribution in [1.29, 1.82) is 5.41 Å². The molecule has 1 amide bonds. The summed E-state index contributed by atoms with van der Waals surface area (Å²) in [6.45, 7) is 0.618. The van der Waals surface area contributed by atoms with Crippen LogP contribution in [-0.4, -0.2) is 39.4 Å². The number of carbonyl (C=O) groups excluding carboxylic acids is 1. The minimum absolute atomic E-state index is 0.0974. The van der Waals surface area contributed by atoms with Crippen molar-refractivity contribution in [2.24, 2.45) is 0 Å². The van der Waals surface area contributed by atoms with Crippen LogP contribution in [0.2, 0.25) is 0 Å². The first-order valence-electron chi connectivity index (χ1n) is 11.1. The Balaban J connectivity index is 1.47. The van der Waals surface area contributed by atoms with Crippen LogP contribution in [0, 0.1) is 5.41 Å². The number of imidazole rings is 1. The van der Waals surface area contributed by atoms with Gasteiger partial charge in [-0.15, -0.1) is 0 Å². The summed E-state index contributed by atoms with van der Waals surface area (Å²) in [5, 5.41) is 20.3. The van der Waals surface area contributed by atoms with Crippen LogP contribution in [0.1, 0.15) is 27.0 Å². The Morgan fingerprint density at radius 2 is 1.89 bits per heavy atom. The number of aromatic nitrogens is 2. The molecule has 182 valence electrons. The third kappa shape index (κ3) is 5.41. The lowest BCUT2D eigenvalue weighted by atomic mass is 10.0. The fourth-order valence-electron chi connectivity index (χ4n) is 3.82. The average molecular weight is 484 g/mol. The highest BCUT2D eigenvalue weighted by Gasteiger charge is 2.12. The van der Waals surface area contributed by atoms with E-state index in [4.69, 9.17) is 21.0 Å². The normalized spacial score (nSPS) is 11.0. The fourth-order valence-corrected chi connectivity index (χ4v) is 3.82. The lowest BCUT2D eigenvalue weighted by Gasteiger charge is -2.12. The maximum atomic E-state index is 12.3. The van der Waals surface area contributed by atoms with E-state index in [1.165, 1.54) is 31.4 Å². The largest absolute Gasteiger partial charge is 0.496 e. The molecule has 9 nitrogen and oxygen atoms in total. The molecule has 0 aliphatic carbocycles. The molecule has 0 saturated carbocycles. The number of methoxy groups -OCH3 is 1. The van der Waals surface area contributed by atoms with E-state index in [-0.39, 0.29) is 17.8 Å². The molecule has 0 bridgehead atoms. The van der Waals surface area contributed by atoms with E-state index in [0.29, 0.717) is 29.4 Å². The predicted molar refractivity (Wildman–Crippen MR) is 137 cm³/mol. The summed E-state index contributed by atoms with van der Waals surface area (Å²) in [6.07, 6.45) is 2.66. The summed E-state index contributed by atoms with van der Waals surface area (Å²) in [5.74, 6) is -0.540. The van der Waals surface area contributed by atoms with Crippen LogP contribution >= 0.6 is 0 Å². The number of nitrogens with zero attached hydrogens (tertiary/aromatic N) is 2. The smallest absolute Gasteiger partial charge is 0.335 e. The van der Waals surface area contributed by atoms with E-state index in [0.717, 1.165) is 16.6 Å². The third-order valence-corrected chi connectivity index (χ3v) is 5.62. The van der Waals surface area contributed by atoms with Crippen molar-refractivity contribution in [3.8, 4) is 5.75 Å². The zero-order valence-electron chi connectivity index (χ0n) is 19.6. The number of carboxylic acids is 1. The van der Waals surface area contributed by atoms with Gasteiger partial charge in [0.1, 0.15) is 5.75 Å². The number of carbonyl (C=O) groups is 2. The molecule has 3 aromatic carbocycles. The number of hydrogen-bond donors (Lipinski definition) is 4. The van der Waals surface area contributed by atoms with Crippen LogP contribution in [0.3, 0.4) is 0 Å². The number of nitrogen functional groups attached to an aromatic ring is 1. The minimum Gasteiger partial charge on any atom is -0.496 e. The molecule has 0 aliphatic heterocycles. The van der Waals surface area contributed by atoms with Crippen LogP contribution in [0.15, 0.2) is 78.9 Å². The van der Waals surface area contributed by atoms with Crippen LogP contribution in [0.25, 0.3) is 11.0 Å². The lowest BCUT2D eigenvalue weighted by Crippen LogP contribution is -2.20. The van der Waals surface area contributed by atoms with Gasteiger partial charge in [0.2, 0.25) is 11.9 Å². The monoisotopic (exact) mass is 483 g/mol. The predicted octanol–water partition coefficient (Wildman–Crippen LogP) is 3.61.